The highest BCUT2D eigenvalue weighted by Gasteiger charge is 2.19. The molecule has 0 aliphatic rings. The van der Waals surface area contributed by atoms with Crippen molar-refractivity contribution in [2.24, 2.45) is 5.92 Å². The first-order chi connectivity index (χ1) is 6.56. The van der Waals surface area contributed by atoms with E-state index in [1.807, 2.05) is 27.0 Å². The molecular formula is C10H21NO2S. The van der Waals surface area contributed by atoms with Crippen molar-refractivity contribution >= 4 is 17.7 Å². The fourth-order valence-corrected chi connectivity index (χ4v) is 1.69. The third kappa shape index (κ3) is 4.33. The lowest BCUT2D eigenvalue weighted by atomic mass is 10.1. The molecule has 0 aromatic carbocycles. The van der Waals surface area contributed by atoms with Crippen LogP contribution in [-0.4, -0.2) is 35.2 Å². The molecule has 0 saturated heterocycles. The van der Waals surface area contributed by atoms with Gasteiger partial charge in [-0.25, -0.2) is 0 Å². The van der Waals surface area contributed by atoms with E-state index in [1.54, 1.807) is 11.8 Å². The summed E-state index contributed by atoms with van der Waals surface area (Å²) in [5, 5.41) is 11.9. The molecule has 0 aliphatic heterocycles. The van der Waals surface area contributed by atoms with Gasteiger partial charge >= 0.3 is 0 Å². The Labute approximate surface area is 90.7 Å². The lowest BCUT2D eigenvalue weighted by Gasteiger charge is -2.21. The molecule has 0 saturated carbocycles. The predicted octanol–water partition coefficient (Wildman–Crippen LogP) is 1.26. The second kappa shape index (κ2) is 7.12. The summed E-state index contributed by atoms with van der Waals surface area (Å²) in [5.74, 6) is 0.186. The van der Waals surface area contributed by atoms with E-state index >= 15 is 0 Å². The van der Waals surface area contributed by atoms with Gasteiger partial charge in [0.15, 0.2) is 0 Å². The fraction of sp³-hybridized carbons (Fsp3) is 0.900. The van der Waals surface area contributed by atoms with Crippen molar-refractivity contribution in [3.8, 4) is 0 Å². The summed E-state index contributed by atoms with van der Waals surface area (Å²) in [4.78, 5) is 11.6. The zero-order valence-electron chi connectivity index (χ0n) is 9.41. The minimum Gasteiger partial charge on any atom is -0.396 e. The molecule has 4 heteroatoms. The third-order valence-electron chi connectivity index (χ3n) is 2.46. The van der Waals surface area contributed by atoms with Crippen molar-refractivity contribution in [1.29, 1.82) is 0 Å². The molecule has 0 rings (SSSR count). The summed E-state index contributed by atoms with van der Waals surface area (Å²) in [6, 6.07) is 0.0358. The first-order valence-corrected chi connectivity index (χ1v) is 6.29. The van der Waals surface area contributed by atoms with Crippen LogP contribution >= 0.6 is 11.8 Å². The van der Waals surface area contributed by atoms with Gasteiger partial charge in [-0.3, -0.25) is 4.79 Å². The molecule has 2 N–H and O–H groups in total. The van der Waals surface area contributed by atoms with Crippen LogP contribution in [-0.2, 0) is 4.79 Å². The van der Waals surface area contributed by atoms with Crippen LogP contribution in [0.25, 0.3) is 0 Å². The number of aliphatic hydroxyl groups is 1. The molecule has 0 aromatic heterocycles. The monoisotopic (exact) mass is 219 g/mol. The Morgan fingerprint density at radius 2 is 2.07 bits per heavy atom. The van der Waals surface area contributed by atoms with E-state index in [2.05, 4.69) is 5.32 Å². The Bertz CT molecular complexity index is 172. The van der Waals surface area contributed by atoms with E-state index in [4.69, 9.17) is 5.11 Å². The number of carbonyl (C=O) groups excluding carboxylic acids is 1. The molecule has 0 fully saturated rings. The highest BCUT2D eigenvalue weighted by molar-refractivity contribution is 7.99. The Kier molecular flexibility index (Phi) is 7.01. The topological polar surface area (TPSA) is 49.3 Å². The largest absolute Gasteiger partial charge is 0.396 e. The van der Waals surface area contributed by atoms with Crippen molar-refractivity contribution in [3.63, 3.8) is 0 Å². The molecule has 3 nitrogen and oxygen atoms in total. The number of amides is 1. The standard InChI is InChI=1S/C10H21NO2S/c1-5-9(14-4)10(13)11-8(3)7(2)6-12/h7-9,12H,5-6H2,1-4H3,(H,11,13). The average Bonchev–Trinajstić information content (AvgIpc) is 2.18. The molecule has 0 radical (unpaired) electrons. The van der Waals surface area contributed by atoms with Gasteiger partial charge in [-0.1, -0.05) is 13.8 Å². The first kappa shape index (κ1) is 13.8. The van der Waals surface area contributed by atoms with E-state index < -0.39 is 0 Å². The van der Waals surface area contributed by atoms with Crippen molar-refractivity contribution in [2.75, 3.05) is 12.9 Å². The maximum atomic E-state index is 11.6. The number of thioether (sulfide) groups is 1. The normalized spacial score (nSPS) is 17.2. The zero-order chi connectivity index (χ0) is 11.1. The van der Waals surface area contributed by atoms with Crippen LogP contribution in [0.2, 0.25) is 0 Å². The van der Waals surface area contributed by atoms with E-state index in [1.165, 1.54) is 0 Å². The van der Waals surface area contributed by atoms with Gasteiger partial charge < -0.3 is 10.4 Å². The van der Waals surface area contributed by atoms with Gasteiger partial charge in [-0.2, -0.15) is 11.8 Å². The number of hydrogen-bond donors (Lipinski definition) is 2. The van der Waals surface area contributed by atoms with E-state index in [9.17, 15) is 4.79 Å². The van der Waals surface area contributed by atoms with Crippen molar-refractivity contribution < 1.29 is 9.90 Å². The van der Waals surface area contributed by atoms with Crippen LogP contribution in [0.5, 0.6) is 0 Å². The average molecular weight is 219 g/mol. The van der Waals surface area contributed by atoms with Gasteiger partial charge in [0.1, 0.15) is 0 Å². The van der Waals surface area contributed by atoms with E-state index in [0.717, 1.165) is 6.42 Å². The maximum Gasteiger partial charge on any atom is 0.233 e. The van der Waals surface area contributed by atoms with Crippen molar-refractivity contribution in [1.82, 2.24) is 5.32 Å². The fourth-order valence-electron chi connectivity index (χ4n) is 1.08. The number of aliphatic hydroxyl groups excluding tert-OH is 1. The smallest absolute Gasteiger partial charge is 0.233 e. The van der Waals surface area contributed by atoms with Gasteiger partial charge in [0.2, 0.25) is 5.91 Å². The zero-order valence-corrected chi connectivity index (χ0v) is 10.2. The number of nitrogens with one attached hydrogen (secondary N) is 1. The Morgan fingerprint density at radius 3 is 2.43 bits per heavy atom. The number of hydrogen-bond acceptors (Lipinski definition) is 3. The Hall–Kier alpha value is -0.220. The van der Waals surface area contributed by atoms with Crippen LogP contribution in [0.15, 0.2) is 0 Å². The molecule has 3 atom stereocenters. The summed E-state index contributed by atoms with van der Waals surface area (Å²) in [6.45, 7) is 5.95. The molecule has 0 bridgehead atoms. The molecule has 0 heterocycles. The van der Waals surface area contributed by atoms with Gasteiger partial charge in [0.05, 0.1) is 5.25 Å². The lowest BCUT2D eigenvalue weighted by Crippen LogP contribution is -2.42. The summed E-state index contributed by atoms with van der Waals surface area (Å²) in [6.07, 6.45) is 2.78. The molecule has 0 spiro atoms. The second-order valence-electron chi connectivity index (χ2n) is 3.59. The van der Waals surface area contributed by atoms with Crippen LogP contribution in [0, 0.1) is 5.92 Å². The minimum atomic E-state index is 0.0309. The highest BCUT2D eigenvalue weighted by Crippen LogP contribution is 2.11. The van der Waals surface area contributed by atoms with Crippen LogP contribution in [0.4, 0.5) is 0 Å². The van der Waals surface area contributed by atoms with E-state index in [0.29, 0.717) is 0 Å². The Morgan fingerprint density at radius 1 is 1.50 bits per heavy atom. The summed E-state index contributed by atoms with van der Waals surface area (Å²) >= 11 is 1.56. The quantitative estimate of drug-likeness (QED) is 0.707. The number of carbonyl (C=O) groups is 1. The molecular weight excluding hydrogens is 198 g/mol. The summed E-state index contributed by atoms with van der Waals surface area (Å²) in [5.41, 5.74) is 0. The minimum absolute atomic E-state index is 0.0309. The molecule has 14 heavy (non-hydrogen) atoms. The third-order valence-corrected chi connectivity index (χ3v) is 3.58. The molecule has 3 unspecified atom stereocenters. The Balaban J connectivity index is 4.03. The van der Waals surface area contributed by atoms with Crippen molar-refractivity contribution in [3.05, 3.63) is 0 Å². The molecule has 0 aliphatic carbocycles. The van der Waals surface area contributed by atoms with Gasteiger partial charge in [-0.05, 0) is 25.5 Å². The van der Waals surface area contributed by atoms with E-state index in [-0.39, 0.29) is 29.7 Å². The highest BCUT2D eigenvalue weighted by atomic mass is 32.2. The summed E-state index contributed by atoms with van der Waals surface area (Å²) in [7, 11) is 0. The lowest BCUT2D eigenvalue weighted by molar-refractivity contribution is -0.121. The van der Waals surface area contributed by atoms with Crippen LogP contribution < -0.4 is 5.32 Å². The first-order valence-electron chi connectivity index (χ1n) is 5.00. The number of rotatable bonds is 6. The molecule has 0 aromatic rings. The SMILES string of the molecule is CCC(SC)C(=O)NC(C)C(C)CO. The van der Waals surface area contributed by atoms with Crippen LogP contribution in [0.3, 0.4) is 0 Å². The van der Waals surface area contributed by atoms with Crippen LogP contribution in [0.1, 0.15) is 27.2 Å². The predicted molar refractivity (Wildman–Crippen MR) is 61.4 cm³/mol. The van der Waals surface area contributed by atoms with Crippen molar-refractivity contribution in [2.45, 2.75) is 38.5 Å². The van der Waals surface area contributed by atoms with Gasteiger partial charge in [0, 0.05) is 12.6 Å². The van der Waals surface area contributed by atoms with Gasteiger partial charge in [0.25, 0.3) is 0 Å². The maximum absolute atomic E-state index is 11.6. The second-order valence-corrected chi connectivity index (χ2v) is 4.63. The van der Waals surface area contributed by atoms with Gasteiger partial charge in [-0.15, -0.1) is 0 Å². The molecule has 1 amide bonds. The summed E-state index contributed by atoms with van der Waals surface area (Å²) < 4.78 is 0. The molecule has 84 valence electrons.